The van der Waals surface area contributed by atoms with Gasteiger partial charge in [0.25, 0.3) is 0 Å². The molecule has 14 heavy (non-hydrogen) atoms. The monoisotopic (exact) mass is 191 g/mol. The summed E-state index contributed by atoms with van der Waals surface area (Å²) in [6.07, 6.45) is 3.38. The zero-order valence-electron chi connectivity index (χ0n) is 7.32. The van der Waals surface area contributed by atoms with Gasteiger partial charge >= 0.3 is 5.97 Å². The fourth-order valence-corrected chi connectivity index (χ4v) is 1.26. The molecule has 3 N–H and O–H groups in total. The molecule has 0 aromatic carbocycles. The van der Waals surface area contributed by atoms with Crippen molar-refractivity contribution in [1.29, 1.82) is 0 Å². The van der Waals surface area contributed by atoms with E-state index in [-0.39, 0.29) is 6.54 Å². The lowest BCUT2D eigenvalue weighted by atomic mass is 10.3. The highest BCUT2D eigenvalue weighted by atomic mass is 16.4. The Morgan fingerprint density at radius 2 is 2.50 bits per heavy atom. The predicted octanol–water partition coefficient (Wildman–Crippen LogP) is 1.06. The molecule has 0 spiro atoms. The van der Waals surface area contributed by atoms with Crippen LogP contribution < -0.4 is 5.32 Å². The Kier molecular flexibility index (Phi) is 2.06. The van der Waals surface area contributed by atoms with Crippen molar-refractivity contribution in [1.82, 2.24) is 9.97 Å². The number of aliphatic carboxylic acids is 1. The summed E-state index contributed by atoms with van der Waals surface area (Å²) in [5.74, 6) is -0.893. The second kappa shape index (κ2) is 3.37. The van der Waals surface area contributed by atoms with Crippen LogP contribution in [0.15, 0.2) is 24.5 Å². The van der Waals surface area contributed by atoms with Crippen LogP contribution in [0.3, 0.4) is 0 Å². The van der Waals surface area contributed by atoms with Gasteiger partial charge in [-0.15, -0.1) is 0 Å². The number of hydrogen-bond acceptors (Lipinski definition) is 3. The minimum absolute atomic E-state index is 0.108. The molecule has 0 saturated heterocycles. The van der Waals surface area contributed by atoms with Crippen molar-refractivity contribution in [2.24, 2.45) is 0 Å². The third-order valence-electron chi connectivity index (χ3n) is 1.86. The molecule has 0 saturated carbocycles. The van der Waals surface area contributed by atoms with E-state index >= 15 is 0 Å². The molecule has 0 atom stereocenters. The fraction of sp³-hybridized carbons (Fsp3) is 0.111. The smallest absolute Gasteiger partial charge is 0.322 e. The molecule has 0 aliphatic rings. The molecule has 0 unspecified atom stereocenters. The highest BCUT2D eigenvalue weighted by molar-refractivity contribution is 5.89. The number of aromatic amines is 1. The first-order chi connectivity index (χ1) is 6.77. The van der Waals surface area contributed by atoms with Gasteiger partial charge in [0.1, 0.15) is 12.1 Å². The summed E-state index contributed by atoms with van der Waals surface area (Å²) >= 11 is 0. The number of nitrogens with zero attached hydrogens (tertiary/aromatic N) is 1. The number of carboxylic acid groups (broad SMARTS) is 1. The van der Waals surface area contributed by atoms with Crippen LogP contribution in [-0.4, -0.2) is 27.6 Å². The van der Waals surface area contributed by atoms with E-state index in [2.05, 4.69) is 15.3 Å². The van der Waals surface area contributed by atoms with Crippen molar-refractivity contribution in [3.8, 4) is 0 Å². The lowest BCUT2D eigenvalue weighted by Gasteiger charge is -1.98. The second-order valence-electron chi connectivity index (χ2n) is 2.85. The van der Waals surface area contributed by atoms with E-state index in [4.69, 9.17) is 5.11 Å². The van der Waals surface area contributed by atoms with E-state index in [0.717, 1.165) is 11.0 Å². The first kappa shape index (κ1) is 8.55. The molecule has 0 aliphatic carbocycles. The van der Waals surface area contributed by atoms with Gasteiger partial charge in [0.15, 0.2) is 0 Å². The third kappa shape index (κ3) is 1.52. The first-order valence-electron chi connectivity index (χ1n) is 4.15. The highest BCUT2D eigenvalue weighted by Crippen LogP contribution is 2.19. The predicted molar refractivity (Wildman–Crippen MR) is 52.2 cm³/mol. The number of rotatable bonds is 3. The molecule has 2 heterocycles. The normalized spacial score (nSPS) is 10.3. The SMILES string of the molecule is O=C(O)CNc1c[nH]c2cccnc12. The van der Waals surface area contributed by atoms with Crippen molar-refractivity contribution in [2.75, 3.05) is 11.9 Å². The van der Waals surface area contributed by atoms with Crippen LogP contribution in [0.1, 0.15) is 0 Å². The Bertz CT molecular complexity index is 464. The zero-order chi connectivity index (χ0) is 9.97. The van der Waals surface area contributed by atoms with Crippen molar-refractivity contribution < 1.29 is 9.90 Å². The van der Waals surface area contributed by atoms with Crippen LogP contribution in [0.5, 0.6) is 0 Å². The summed E-state index contributed by atoms with van der Waals surface area (Å²) in [4.78, 5) is 17.5. The number of anilines is 1. The Labute approximate surface area is 79.8 Å². The van der Waals surface area contributed by atoms with E-state index in [1.165, 1.54) is 0 Å². The van der Waals surface area contributed by atoms with E-state index in [0.29, 0.717) is 5.69 Å². The topological polar surface area (TPSA) is 78.0 Å². The van der Waals surface area contributed by atoms with Crippen LogP contribution in [0.25, 0.3) is 11.0 Å². The largest absolute Gasteiger partial charge is 0.480 e. The van der Waals surface area contributed by atoms with E-state index < -0.39 is 5.97 Å². The lowest BCUT2D eigenvalue weighted by molar-refractivity contribution is -0.134. The molecule has 5 nitrogen and oxygen atoms in total. The number of nitrogens with one attached hydrogen (secondary N) is 2. The van der Waals surface area contributed by atoms with Crippen molar-refractivity contribution in [3.63, 3.8) is 0 Å². The van der Waals surface area contributed by atoms with E-state index in [1.54, 1.807) is 12.4 Å². The zero-order valence-corrected chi connectivity index (χ0v) is 7.32. The first-order valence-corrected chi connectivity index (χ1v) is 4.15. The number of hydrogen-bond donors (Lipinski definition) is 3. The maximum atomic E-state index is 10.3. The van der Waals surface area contributed by atoms with Gasteiger partial charge in [-0.2, -0.15) is 0 Å². The summed E-state index contributed by atoms with van der Waals surface area (Å²) in [5.41, 5.74) is 2.36. The molecule has 0 aliphatic heterocycles. The summed E-state index contributed by atoms with van der Waals surface area (Å²) in [6, 6.07) is 3.70. The summed E-state index contributed by atoms with van der Waals surface area (Å²) in [7, 11) is 0. The molecule has 0 radical (unpaired) electrons. The highest BCUT2D eigenvalue weighted by Gasteiger charge is 2.04. The Morgan fingerprint density at radius 3 is 3.29 bits per heavy atom. The minimum atomic E-state index is -0.893. The van der Waals surface area contributed by atoms with Crippen LogP contribution in [0.4, 0.5) is 5.69 Å². The summed E-state index contributed by atoms with van der Waals surface area (Å²) in [6.45, 7) is -0.108. The summed E-state index contributed by atoms with van der Waals surface area (Å²) < 4.78 is 0. The lowest BCUT2D eigenvalue weighted by Crippen LogP contribution is -2.11. The van der Waals surface area contributed by atoms with Gasteiger partial charge in [0, 0.05) is 12.4 Å². The number of carboxylic acids is 1. The van der Waals surface area contributed by atoms with Gasteiger partial charge in [-0.3, -0.25) is 9.78 Å². The molecule has 2 aromatic heterocycles. The quantitative estimate of drug-likeness (QED) is 0.677. The number of aromatic nitrogens is 2. The number of fused-ring (bicyclic) bond motifs is 1. The molecule has 2 aromatic rings. The molecule has 72 valence electrons. The van der Waals surface area contributed by atoms with E-state index in [1.807, 2.05) is 12.1 Å². The molecular formula is C9H9N3O2. The number of carbonyl (C=O) groups is 1. The maximum absolute atomic E-state index is 10.3. The van der Waals surface area contributed by atoms with Gasteiger partial charge in [-0.25, -0.2) is 0 Å². The fourth-order valence-electron chi connectivity index (χ4n) is 1.26. The van der Waals surface area contributed by atoms with E-state index in [9.17, 15) is 4.79 Å². The maximum Gasteiger partial charge on any atom is 0.322 e. The number of H-pyrrole nitrogens is 1. The average Bonchev–Trinajstić information content (AvgIpc) is 2.58. The Hall–Kier alpha value is -2.04. The number of pyridine rings is 1. The molecule has 0 fully saturated rings. The van der Waals surface area contributed by atoms with Crippen molar-refractivity contribution in [3.05, 3.63) is 24.5 Å². The Balaban J connectivity index is 2.29. The second-order valence-corrected chi connectivity index (χ2v) is 2.85. The molecule has 0 bridgehead atoms. The van der Waals surface area contributed by atoms with Gasteiger partial charge < -0.3 is 15.4 Å². The van der Waals surface area contributed by atoms with Crippen LogP contribution in [0, 0.1) is 0 Å². The average molecular weight is 191 g/mol. The van der Waals surface area contributed by atoms with Gasteiger partial charge in [-0.1, -0.05) is 0 Å². The molecule has 0 amide bonds. The van der Waals surface area contributed by atoms with Gasteiger partial charge in [0.2, 0.25) is 0 Å². The van der Waals surface area contributed by atoms with Crippen molar-refractivity contribution in [2.45, 2.75) is 0 Å². The molecule has 5 heteroatoms. The van der Waals surface area contributed by atoms with Crippen LogP contribution in [-0.2, 0) is 4.79 Å². The molecular weight excluding hydrogens is 182 g/mol. The minimum Gasteiger partial charge on any atom is -0.480 e. The van der Waals surface area contributed by atoms with Gasteiger partial charge in [0.05, 0.1) is 11.2 Å². The summed E-state index contributed by atoms with van der Waals surface area (Å²) in [5, 5.41) is 11.3. The van der Waals surface area contributed by atoms with Crippen LogP contribution in [0.2, 0.25) is 0 Å². The molecule has 2 rings (SSSR count). The Morgan fingerprint density at radius 1 is 1.64 bits per heavy atom. The third-order valence-corrected chi connectivity index (χ3v) is 1.86. The standard InChI is InChI=1S/C9H9N3O2/c13-8(14)5-12-7-4-11-6-2-1-3-10-9(6)7/h1-4,11-12H,5H2,(H,13,14). The van der Waals surface area contributed by atoms with Crippen LogP contribution >= 0.6 is 0 Å². The van der Waals surface area contributed by atoms with Gasteiger partial charge in [-0.05, 0) is 12.1 Å². The van der Waals surface area contributed by atoms with Crippen molar-refractivity contribution >= 4 is 22.7 Å².